The van der Waals surface area contributed by atoms with E-state index < -0.39 is 0 Å². The Hall–Kier alpha value is -1.31. The monoisotopic (exact) mass is 189 g/mol. The van der Waals surface area contributed by atoms with Crippen molar-refractivity contribution in [2.24, 2.45) is 5.16 Å². The number of hydrogen-bond acceptors (Lipinski definition) is 2. The minimum Gasteiger partial charge on any atom is -0.389 e. The van der Waals surface area contributed by atoms with E-state index in [1.807, 2.05) is 0 Å². The van der Waals surface area contributed by atoms with Crippen LogP contribution < -0.4 is 0 Å². The predicted molar refractivity (Wildman–Crippen MR) is 57.5 cm³/mol. The lowest BCUT2D eigenvalue weighted by Gasteiger charge is -2.13. The molecule has 2 heteroatoms. The van der Waals surface area contributed by atoms with Gasteiger partial charge in [0, 0.05) is 6.42 Å². The molecule has 2 nitrogen and oxygen atoms in total. The van der Waals surface area contributed by atoms with Crippen LogP contribution in [0, 0.1) is 6.92 Å². The fourth-order valence-electron chi connectivity index (χ4n) is 1.55. The molecule has 0 radical (unpaired) electrons. The van der Waals surface area contributed by atoms with Crippen LogP contribution in [0.4, 0.5) is 0 Å². The summed E-state index contributed by atoms with van der Waals surface area (Å²) in [7, 11) is 0. The van der Waals surface area contributed by atoms with Gasteiger partial charge in [0.05, 0.1) is 5.71 Å². The van der Waals surface area contributed by atoms with Crippen LogP contribution in [0.1, 0.15) is 31.4 Å². The molecular formula is C12H15NO. The highest BCUT2D eigenvalue weighted by Gasteiger charge is 2.29. The van der Waals surface area contributed by atoms with Gasteiger partial charge in [-0.1, -0.05) is 35.0 Å². The van der Waals surface area contributed by atoms with Gasteiger partial charge < -0.3 is 4.84 Å². The van der Waals surface area contributed by atoms with Gasteiger partial charge in [-0.2, -0.15) is 0 Å². The minimum atomic E-state index is -0.139. The maximum atomic E-state index is 5.33. The van der Waals surface area contributed by atoms with Gasteiger partial charge in [0.15, 0.2) is 0 Å². The molecule has 0 saturated heterocycles. The standard InChI is InChI=1S/C12H15NO/c1-9-4-6-10(7-5-9)11-8-12(2,3)14-13-11/h4-7H,8H2,1-3H3. The Morgan fingerprint density at radius 1 is 1.21 bits per heavy atom. The number of hydrogen-bond donors (Lipinski definition) is 0. The Morgan fingerprint density at radius 2 is 1.86 bits per heavy atom. The Kier molecular flexibility index (Phi) is 2.06. The van der Waals surface area contributed by atoms with E-state index >= 15 is 0 Å². The number of aryl methyl sites for hydroxylation is 1. The lowest BCUT2D eigenvalue weighted by Crippen LogP contribution is -2.19. The fourth-order valence-corrected chi connectivity index (χ4v) is 1.55. The van der Waals surface area contributed by atoms with Crippen LogP contribution in [0.25, 0.3) is 0 Å². The predicted octanol–water partition coefficient (Wildman–Crippen LogP) is 2.90. The molecule has 1 aromatic rings. The van der Waals surface area contributed by atoms with Gasteiger partial charge in [-0.05, 0) is 26.3 Å². The summed E-state index contributed by atoms with van der Waals surface area (Å²) < 4.78 is 0. The summed E-state index contributed by atoms with van der Waals surface area (Å²) in [5.41, 5.74) is 3.35. The lowest BCUT2D eigenvalue weighted by atomic mass is 9.97. The molecule has 0 amide bonds. The fraction of sp³-hybridized carbons (Fsp3) is 0.417. The number of rotatable bonds is 1. The average Bonchev–Trinajstić information content (AvgIpc) is 2.47. The molecule has 0 fully saturated rings. The summed E-state index contributed by atoms with van der Waals surface area (Å²) in [6.45, 7) is 6.19. The van der Waals surface area contributed by atoms with Crippen LogP contribution in [0.2, 0.25) is 0 Å². The molecule has 1 aliphatic heterocycles. The molecule has 0 atom stereocenters. The zero-order valence-electron chi connectivity index (χ0n) is 8.87. The summed E-state index contributed by atoms with van der Waals surface area (Å²) in [4.78, 5) is 5.33. The maximum Gasteiger partial charge on any atom is 0.137 e. The summed E-state index contributed by atoms with van der Waals surface area (Å²) in [6.07, 6.45) is 0.885. The summed E-state index contributed by atoms with van der Waals surface area (Å²) in [5, 5.41) is 4.11. The van der Waals surface area contributed by atoms with Crippen molar-refractivity contribution < 1.29 is 4.84 Å². The van der Waals surface area contributed by atoms with Crippen LogP contribution in [-0.4, -0.2) is 11.3 Å². The van der Waals surface area contributed by atoms with Crippen molar-refractivity contribution in [3.05, 3.63) is 35.4 Å². The second kappa shape index (κ2) is 3.12. The molecule has 1 aliphatic rings. The molecule has 0 N–H and O–H groups in total. The van der Waals surface area contributed by atoms with Crippen LogP contribution in [0.3, 0.4) is 0 Å². The van der Waals surface area contributed by atoms with Crippen LogP contribution in [0.15, 0.2) is 29.4 Å². The van der Waals surface area contributed by atoms with Crippen molar-refractivity contribution in [3.63, 3.8) is 0 Å². The van der Waals surface area contributed by atoms with E-state index in [-0.39, 0.29) is 5.60 Å². The zero-order chi connectivity index (χ0) is 10.2. The highest BCUT2D eigenvalue weighted by molar-refractivity contribution is 6.01. The van der Waals surface area contributed by atoms with Gasteiger partial charge in [0.2, 0.25) is 0 Å². The SMILES string of the molecule is Cc1ccc(C2=NOC(C)(C)C2)cc1. The number of oxime groups is 1. The molecule has 0 spiro atoms. The number of nitrogens with zero attached hydrogens (tertiary/aromatic N) is 1. The Balaban J connectivity index is 2.22. The van der Waals surface area contributed by atoms with Crippen molar-refractivity contribution >= 4 is 5.71 Å². The van der Waals surface area contributed by atoms with Gasteiger partial charge in [0.25, 0.3) is 0 Å². The van der Waals surface area contributed by atoms with E-state index in [1.165, 1.54) is 11.1 Å². The van der Waals surface area contributed by atoms with Gasteiger partial charge in [-0.25, -0.2) is 0 Å². The van der Waals surface area contributed by atoms with Crippen LogP contribution in [-0.2, 0) is 4.84 Å². The largest absolute Gasteiger partial charge is 0.389 e. The second-order valence-corrected chi connectivity index (χ2v) is 4.43. The minimum absolute atomic E-state index is 0.139. The summed E-state index contributed by atoms with van der Waals surface area (Å²) >= 11 is 0. The Labute approximate surface area is 84.6 Å². The molecule has 0 unspecified atom stereocenters. The lowest BCUT2D eigenvalue weighted by molar-refractivity contribution is 0.0123. The molecule has 0 saturated carbocycles. The van der Waals surface area contributed by atoms with E-state index in [2.05, 4.69) is 50.2 Å². The van der Waals surface area contributed by atoms with E-state index in [0.29, 0.717) is 0 Å². The smallest absolute Gasteiger partial charge is 0.137 e. The van der Waals surface area contributed by atoms with Crippen molar-refractivity contribution in [1.82, 2.24) is 0 Å². The van der Waals surface area contributed by atoms with Crippen molar-refractivity contribution in [3.8, 4) is 0 Å². The van der Waals surface area contributed by atoms with Crippen molar-refractivity contribution in [2.45, 2.75) is 32.8 Å². The third-order valence-electron chi connectivity index (χ3n) is 2.38. The van der Waals surface area contributed by atoms with Gasteiger partial charge >= 0.3 is 0 Å². The quantitative estimate of drug-likeness (QED) is 0.665. The van der Waals surface area contributed by atoms with E-state index in [4.69, 9.17) is 4.84 Å². The Morgan fingerprint density at radius 3 is 2.36 bits per heavy atom. The van der Waals surface area contributed by atoms with Crippen LogP contribution in [0.5, 0.6) is 0 Å². The molecule has 0 aromatic heterocycles. The molecule has 2 rings (SSSR count). The van der Waals surface area contributed by atoms with E-state index in [1.54, 1.807) is 0 Å². The maximum absolute atomic E-state index is 5.33. The molecule has 14 heavy (non-hydrogen) atoms. The third kappa shape index (κ3) is 1.79. The van der Waals surface area contributed by atoms with Gasteiger partial charge in [0.1, 0.15) is 5.60 Å². The topological polar surface area (TPSA) is 21.6 Å². The molecule has 0 bridgehead atoms. The molecule has 1 aromatic carbocycles. The highest BCUT2D eigenvalue weighted by atomic mass is 16.7. The van der Waals surface area contributed by atoms with E-state index in [0.717, 1.165) is 12.1 Å². The normalized spacial score (nSPS) is 18.9. The van der Waals surface area contributed by atoms with Gasteiger partial charge in [-0.3, -0.25) is 0 Å². The van der Waals surface area contributed by atoms with Crippen molar-refractivity contribution in [1.29, 1.82) is 0 Å². The second-order valence-electron chi connectivity index (χ2n) is 4.43. The third-order valence-corrected chi connectivity index (χ3v) is 2.38. The van der Waals surface area contributed by atoms with E-state index in [9.17, 15) is 0 Å². The zero-order valence-corrected chi connectivity index (χ0v) is 8.87. The highest BCUT2D eigenvalue weighted by Crippen LogP contribution is 2.25. The first-order valence-corrected chi connectivity index (χ1v) is 4.89. The average molecular weight is 189 g/mol. The Bertz CT molecular complexity index is 362. The molecule has 1 heterocycles. The number of benzene rings is 1. The van der Waals surface area contributed by atoms with Gasteiger partial charge in [-0.15, -0.1) is 0 Å². The first-order valence-electron chi connectivity index (χ1n) is 4.89. The molecular weight excluding hydrogens is 174 g/mol. The molecule has 74 valence electrons. The molecule has 0 aliphatic carbocycles. The van der Waals surface area contributed by atoms with Crippen LogP contribution >= 0.6 is 0 Å². The summed E-state index contributed by atoms with van der Waals surface area (Å²) in [5.74, 6) is 0. The van der Waals surface area contributed by atoms with Crippen molar-refractivity contribution in [2.75, 3.05) is 0 Å². The first-order chi connectivity index (χ1) is 6.57. The first kappa shape index (κ1) is 9.25. The summed E-state index contributed by atoms with van der Waals surface area (Å²) in [6, 6.07) is 8.39.